The van der Waals surface area contributed by atoms with Crippen LogP contribution in [0.3, 0.4) is 0 Å². The summed E-state index contributed by atoms with van der Waals surface area (Å²) in [6.45, 7) is 0.823. The van der Waals surface area contributed by atoms with Crippen molar-refractivity contribution in [3.63, 3.8) is 0 Å². The third kappa shape index (κ3) is 4.86. The van der Waals surface area contributed by atoms with Gasteiger partial charge in [0.05, 0.1) is 10.8 Å². The van der Waals surface area contributed by atoms with Crippen LogP contribution >= 0.6 is 11.6 Å². The molecule has 27 heavy (non-hydrogen) atoms. The molecule has 1 amide bonds. The molecule has 1 aliphatic rings. The lowest BCUT2D eigenvalue weighted by Crippen LogP contribution is -2.45. The predicted octanol–water partition coefficient (Wildman–Crippen LogP) is 3.20. The molecule has 1 N–H and O–H groups in total. The quantitative estimate of drug-likeness (QED) is 0.823. The number of carbonyl (C=O) groups excluding carboxylic acids is 1. The maximum Gasteiger partial charge on any atom is 0.243 e. The summed E-state index contributed by atoms with van der Waals surface area (Å²) in [6.07, 6.45) is 1.22. The minimum Gasteiger partial charge on any atom is -0.352 e. The molecule has 0 saturated carbocycles. The molecule has 1 saturated heterocycles. The normalized spacial score (nSPS) is 18.2. The summed E-state index contributed by atoms with van der Waals surface area (Å²) in [5.41, 5.74) is 0.916. The van der Waals surface area contributed by atoms with Crippen LogP contribution in [0.5, 0.6) is 0 Å². The van der Waals surface area contributed by atoms with Gasteiger partial charge in [0, 0.05) is 24.7 Å². The van der Waals surface area contributed by atoms with Crippen molar-refractivity contribution < 1.29 is 17.6 Å². The van der Waals surface area contributed by atoms with E-state index in [-0.39, 0.29) is 17.3 Å². The van der Waals surface area contributed by atoms with Crippen LogP contribution in [0, 0.1) is 11.7 Å². The minimum absolute atomic E-state index is 0.0334. The Bertz CT molecular complexity index is 902. The van der Waals surface area contributed by atoms with Crippen molar-refractivity contribution in [3.8, 4) is 0 Å². The highest BCUT2D eigenvalue weighted by Gasteiger charge is 2.33. The predicted molar refractivity (Wildman–Crippen MR) is 101 cm³/mol. The third-order valence-corrected chi connectivity index (χ3v) is 6.72. The summed E-state index contributed by atoms with van der Waals surface area (Å²) < 4.78 is 39.8. The standard InChI is InChI=1S/C19H20ClFN2O3S/c20-16-5-3-14(4-6-16)12-22-19(24)15-2-1-11-23(13-15)27(25,26)18-9-7-17(21)8-10-18/h3-10,15H,1-2,11-13H2,(H,22,24)/t15-/m1/s1. The number of rotatable bonds is 5. The molecule has 0 bridgehead atoms. The molecule has 2 aromatic rings. The van der Waals surface area contributed by atoms with Crippen LogP contribution in [0.1, 0.15) is 18.4 Å². The van der Waals surface area contributed by atoms with Gasteiger partial charge in [-0.25, -0.2) is 12.8 Å². The van der Waals surface area contributed by atoms with E-state index in [9.17, 15) is 17.6 Å². The number of hydrogen-bond donors (Lipinski definition) is 1. The molecule has 3 rings (SSSR count). The summed E-state index contributed by atoms with van der Waals surface area (Å²) in [5.74, 6) is -1.09. The fourth-order valence-corrected chi connectivity index (χ4v) is 4.72. The first kappa shape index (κ1) is 19.8. The molecule has 2 aromatic carbocycles. The molecule has 1 aliphatic heterocycles. The fraction of sp³-hybridized carbons (Fsp3) is 0.316. The van der Waals surface area contributed by atoms with Gasteiger partial charge in [-0.05, 0) is 54.8 Å². The summed E-state index contributed by atoms with van der Waals surface area (Å²) in [5, 5.41) is 3.48. The molecular formula is C19H20ClFN2O3S. The van der Waals surface area contributed by atoms with Crippen LogP contribution in [-0.4, -0.2) is 31.7 Å². The zero-order valence-corrected chi connectivity index (χ0v) is 16.1. The van der Waals surface area contributed by atoms with Crippen molar-refractivity contribution in [3.05, 3.63) is 64.9 Å². The van der Waals surface area contributed by atoms with Gasteiger partial charge in [0.25, 0.3) is 0 Å². The summed E-state index contributed by atoms with van der Waals surface area (Å²) >= 11 is 5.84. The molecule has 5 nitrogen and oxygen atoms in total. The van der Waals surface area contributed by atoms with Crippen LogP contribution in [-0.2, 0) is 21.4 Å². The first-order valence-electron chi connectivity index (χ1n) is 8.64. The third-order valence-electron chi connectivity index (χ3n) is 4.59. The maximum atomic E-state index is 13.1. The highest BCUT2D eigenvalue weighted by Crippen LogP contribution is 2.24. The van der Waals surface area contributed by atoms with E-state index in [4.69, 9.17) is 11.6 Å². The number of halogens is 2. The van der Waals surface area contributed by atoms with E-state index in [0.717, 1.165) is 17.7 Å². The average molecular weight is 411 g/mol. The summed E-state index contributed by atoms with van der Waals surface area (Å²) in [4.78, 5) is 12.5. The molecule has 1 atom stereocenters. The van der Waals surface area contributed by atoms with E-state index >= 15 is 0 Å². The van der Waals surface area contributed by atoms with Crippen LogP contribution in [0.25, 0.3) is 0 Å². The highest BCUT2D eigenvalue weighted by atomic mass is 35.5. The molecule has 1 heterocycles. The van der Waals surface area contributed by atoms with Crippen LogP contribution < -0.4 is 5.32 Å². The first-order valence-corrected chi connectivity index (χ1v) is 10.5. The Balaban J connectivity index is 1.63. The number of carbonyl (C=O) groups is 1. The number of amides is 1. The van der Waals surface area contributed by atoms with Gasteiger partial charge in [-0.3, -0.25) is 4.79 Å². The molecule has 0 aromatic heterocycles. The number of piperidine rings is 1. The van der Waals surface area contributed by atoms with E-state index in [1.807, 2.05) is 12.1 Å². The van der Waals surface area contributed by atoms with Crippen LogP contribution in [0.15, 0.2) is 53.4 Å². The van der Waals surface area contributed by atoms with E-state index in [0.29, 0.717) is 31.0 Å². The van der Waals surface area contributed by atoms with Gasteiger partial charge in [0.1, 0.15) is 5.82 Å². The fourth-order valence-electron chi connectivity index (χ4n) is 3.07. The lowest BCUT2D eigenvalue weighted by atomic mass is 9.99. The lowest BCUT2D eigenvalue weighted by molar-refractivity contribution is -0.126. The first-order chi connectivity index (χ1) is 12.9. The SMILES string of the molecule is O=C(NCc1ccc(Cl)cc1)[C@@H]1CCCN(S(=O)(=O)c2ccc(F)cc2)C1. The zero-order chi connectivity index (χ0) is 19.4. The number of benzene rings is 2. The smallest absolute Gasteiger partial charge is 0.243 e. The minimum atomic E-state index is -3.75. The summed E-state index contributed by atoms with van der Waals surface area (Å²) in [7, 11) is -3.75. The number of sulfonamides is 1. The van der Waals surface area contributed by atoms with Crippen molar-refractivity contribution >= 4 is 27.5 Å². The second kappa shape index (κ2) is 8.37. The second-order valence-corrected chi connectivity index (χ2v) is 8.87. The van der Waals surface area contributed by atoms with Crippen LogP contribution in [0.2, 0.25) is 5.02 Å². The number of nitrogens with zero attached hydrogens (tertiary/aromatic N) is 1. The van der Waals surface area contributed by atoms with E-state index in [2.05, 4.69) is 5.32 Å². The van der Waals surface area contributed by atoms with Gasteiger partial charge in [0.2, 0.25) is 15.9 Å². The molecule has 8 heteroatoms. The lowest BCUT2D eigenvalue weighted by Gasteiger charge is -2.31. The Hall–Kier alpha value is -1.96. The second-order valence-electron chi connectivity index (χ2n) is 6.50. The molecule has 144 valence electrons. The molecule has 1 fully saturated rings. The molecule has 0 spiro atoms. The van der Waals surface area contributed by atoms with E-state index in [1.165, 1.54) is 16.4 Å². The van der Waals surface area contributed by atoms with Crippen molar-refractivity contribution in [2.45, 2.75) is 24.3 Å². The molecular weight excluding hydrogens is 391 g/mol. The van der Waals surface area contributed by atoms with Gasteiger partial charge in [-0.15, -0.1) is 0 Å². The van der Waals surface area contributed by atoms with Crippen LogP contribution in [0.4, 0.5) is 4.39 Å². The largest absolute Gasteiger partial charge is 0.352 e. The van der Waals surface area contributed by atoms with Gasteiger partial charge in [-0.1, -0.05) is 23.7 Å². The maximum absolute atomic E-state index is 13.1. The Kier molecular flexibility index (Phi) is 6.14. The molecule has 0 radical (unpaired) electrons. The summed E-state index contributed by atoms with van der Waals surface area (Å²) in [6, 6.07) is 11.9. The Morgan fingerprint density at radius 1 is 1.15 bits per heavy atom. The Labute approximate surface area is 163 Å². The Morgan fingerprint density at radius 3 is 2.48 bits per heavy atom. The van der Waals surface area contributed by atoms with Gasteiger partial charge < -0.3 is 5.32 Å². The monoisotopic (exact) mass is 410 g/mol. The average Bonchev–Trinajstić information content (AvgIpc) is 2.68. The van der Waals surface area contributed by atoms with Crippen molar-refractivity contribution in [1.82, 2.24) is 9.62 Å². The van der Waals surface area contributed by atoms with Gasteiger partial charge >= 0.3 is 0 Å². The van der Waals surface area contributed by atoms with Crippen molar-refractivity contribution in [2.75, 3.05) is 13.1 Å². The van der Waals surface area contributed by atoms with E-state index in [1.54, 1.807) is 12.1 Å². The molecule has 0 aliphatic carbocycles. The topological polar surface area (TPSA) is 66.5 Å². The zero-order valence-electron chi connectivity index (χ0n) is 14.6. The molecule has 0 unspecified atom stereocenters. The highest BCUT2D eigenvalue weighted by molar-refractivity contribution is 7.89. The van der Waals surface area contributed by atoms with E-state index < -0.39 is 21.8 Å². The Morgan fingerprint density at radius 2 is 1.81 bits per heavy atom. The van der Waals surface area contributed by atoms with Crippen molar-refractivity contribution in [2.24, 2.45) is 5.92 Å². The number of hydrogen-bond acceptors (Lipinski definition) is 3. The number of nitrogens with one attached hydrogen (secondary N) is 1. The van der Waals surface area contributed by atoms with Gasteiger partial charge in [-0.2, -0.15) is 4.31 Å². The van der Waals surface area contributed by atoms with Crippen molar-refractivity contribution in [1.29, 1.82) is 0 Å². The van der Waals surface area contributed by atoms with Gasteiger partial charge in [0.15, 0.2) is 0 Å².